The molecule has 0 heteroatoms. The molecule has 0 bridgehead atoms. The Bertz CT molecular complexity index is 155. The van der Waals surface area contributed by atoms with E-state index >= 15 is 0 Å². The maximum atomic E-state index is 2.33. The predicted octanol–water partition coefficient (Wildman–Crippen LogP) is 4.56. The smallest absolute Gasteiger partial charge is 0.0318 e. The normalized spacial score (nSPS) is 23.7. The van der Waals surface area contributed by atoms with Crippen molar-refractivity contribution in [3.8, 4) is 0 Å². The predicted molar refractivity (Wildman–Crippen MR) is 59.8 cm³/mol. The number of rotatable bonds is 3. The Hall–Kier alpha value is -0.260. The lowest BCUT2D eigenvalue weighted by molar-refractivity contribution is 0.352. The minimum Gasteiger partial charge on any atom is -0.0885 e. The van der Waals surface area contributed by atoms with Crippen LogP contribution in [0.3, 0.4) is 0 Å². The third-order valence-corrected chi connectivity index (χ3v) is 3.31. The number of allylic oxidation sites excluding steroid dienone is 2. The van der Waals surface area contributed by atoms with E-state index in [1.54, 1.807) is 5.57 Å². The SMILES string of the molecule is CC=C1CCC(CCC(C)C)CC1. The van der Waals surface area contributed by atoms with Crippen molar-refractivity contribution in [3.63, 3.8) is 0 Å². The maximum absolute atomic E-state index is 2.33. The first-order chi connectivity index (χ1) is 6.22. The standard InChI is InChI=1S/C13H24/c1-4-12-7-9-13(10-8-12)6-5-11(2)3/h4,11,13H,5-10H2,1-3H3. The van der Waals surface area contributed by atoms with Crippen molar-refractivity contribution in [1.82, 2.24) is 0 Å². The lowest BCUT2D eigenvalue weighted by Gasteiger charge is -2.24. The third kappa shape index (κ3) is 3.97. The Morgan fingerprint density at radius 2 is 1.92 bits per heavy atom. The van der Waals surface area contributed by atoms with Crippen LogP contribution in [0.2, 0.25) is 0 Å². The first-order valence-electron chi connectivity index (χ1n) is 5.86. The van der Waals surface area contributed by atoms with E-state index in [4.69, 9.17) is 0 Å². The van der Waals surface area contributed by atoms with Crippen LogP contribution in [0.25, 0.3) is 0 Å². The molecule has 0 aromatic heterocycles. The molecule has 0 saturated heterocycles. The van der Waals surface area contributed by atoms with Gasteiger partial charge in [0.1, 0.15) is 0 Å². The van der Waals surface area contributed by atoms with E-state index in [1.807, 2.05) is 0 Å². The van der Waals surface area contributed by atoms with Gasteiger partial charge in [0.25, 0.3) is 0 Å². The molecule has 1 aliphatic rings. The summed E-state index contributed by atoms with van der Waals surface area (Å²) >= 11 is 0. The van der Waals surface area contributed by atoms with E-state index in [-0.39, 0.29) is 0 Å². The van der Waals surface area contributed by atoms with E-state index < -0.39 is 0 Å². The van der Waals surface area contributed by atoms with Gasteiger partial charge in [-0.2, -0.15) is 0 Å². The molecule has 0 aliphatic heterocycles. The summed E-state index contributed by atoms with van der Waals surface area (Å²) in [4.78, 5) is 0. The molecule has 0 nitrogen and oxygen atoms in total. The van der Waals surface area contributed by atoms with Crippen LogP contribution in [-0.2, 0) is 0 Å². The number of hydrogen-bond acceptors (Lipinski definition) is 0. The molecule has 0 spiro atoms. The molecule has 13 heavy (non-hydrogen) atoms. The minimum absolute atomic E-state index is 0.892. The van der Waals surface area contributed by atoms with Gasteiger partial charge in [-0.1, -0.05) is 38.3 Å². The fourth-order valence-electron chi connectivity index (χ4n) is 2.19. The van der Waals surface area contributed by atoms with Crippen LogP contribution >= 0.6 is 0 Å². The average Bonchev–Trinajstić information content (AvgIpc) is 2.15. The summed E-state index contributed by atoms with van der Waals surface area (Å²) in [5, 5.41) is 0. The van der Waals surface area contributed by atoms with Crippen molar-refractivity contribution in [2.75, 3.05) is 0 Å². The van der Waals surface area contributed by atoms with Crippen molar-refractivity contribution < 1.29 is 0 Å². The molecule has 1 aliphatic carbocycles. The summed E-state index contributed by atoms with van der Waals surface area (Å²) in [7, 11) is 0. The molecule has 1 saturated carbocycles. The molecule has 0 N–H and O–H groups in total. The summed E-state index contributed by atoms with van der Waals surface area (Å²) < 4.78 is 0. The first kappa shape index (κ1) is 10.8. The minimum atomic E-state index is 0.892. The van der Waals surface area contributed by atoms with Gasteiger partial charge in [0.05, 0.1) is 0 Å². The van der Waals surface area contributed by atoms with Crippen LogP contribution in [0, 0.1) is 11.8 Å². The lowest BCUT2D eigenvalue weighted by atomic mass is 9.82. The molecule has 76 valence electrons. The Morgan fingerprint density at radius 1 is 1.31 bits per heavy atom. The molecule has 1 rings (SSSR count). The lowest BCUT2D eigenvalue weighted by Crippen LogP contribution is -2.08. The summed E-state index contributed by atoms with van der Waals surface area (Å²) in [6.07, 6.45) is 10.9. The van der Waals surface area contributed by atoms with Crippen LogP contribution in [0.1, 0.15) is 59.3 Å². The topological polar surface area (TPSA) is 0 Å². The zero-order valence-corrected chi connectivity index (χ0v) is 9.47. The Morgan fingerprint density at radius 3 is 2.38 bits per heavy atom. The Kier molecular flexibility index (Phi) is 4.55. The van der Waals surface area contributed by atoms with Crippen molar-refractivity contribution >= 4 is 0 Å². The summed E-state index contributed by atoms with van der Waals surface area (Å²) in [6.45, 7) is 6.85. The average molecular weight is 180 g/mol. The van der Waals surface area contributed by atoms with Gasteiger partial charge in [-0.05, 0) is 44.4 Å². The molecule has 1 fully saturated rings. The fourth-order valence-corrected chi connectivity index (χ4v) is 2.19. The highest BCUT2D eigenvalue weighted by atomic mass is 14.2. The first-order valence-corrected chi connectivity index (χ1v) is 5.86. The highest BCUT2D eigenvalue weighted by Crippen LogP contribution is 2.31. The molecule has 0 aromatic carbocycles. The van der Waals surface area contributed by atoms with Crippen molar-refractivity contribution in [1.29, 1.82) is 0 Å². The van der Waals surface area contributed by atoms with Crippen molar-refractivity contribution in [2.24, 2.45) is 11.8 Å². The van der Waals surface area contributed by atoms with Crippen molar-refractivity contribution in [3.05, 3.63) is 11.6 Å². The van der Waals surface area contributed by atoms with E-state index in [9.17, 15) is 0 Å². The van der Waals surface area contributed by atoms with E-state index in [2.05, 4.69) is 26.8 Å². The fraction of sp³-hybridized carbons (Fsp3) is 0.846. The van der Waals surface area contributed by atoms with Gasteiger partial charge in [0.15, 0.2) is 0 Å². The van der Waals surface area contributed by atoms with Crippen LogP contribution in [0.15, 0.2) is 11.6 Å². The second-order valence-corrected chi connectivity index (χ2v) is 4.86. The van der Waals surface area contributed by atoms with Crippen LogP contribution in [0.5, 0.6) is 0 Å². The van der Waals surface area contributed by atoms with Crippen LogP contribution in [-0.4, -0.2) is 0 Å². The molecule has 0 amide bonds. The zero-order chi connectivity index (χ0) is 9.68. The Balaban J connectivity index is 2.18. The second-order valence-electron chi connectivity index (χ2n) is 4.86. The van der Waals surface area contributed by atoms with Crippen molar-refractivity contribution in [2.45, 2.75) is 59.3 Å². The molecular formula is C13H24. The van der Waals surface area contributed by atoms with Gasteiger partial charge in [-0.25, -0.2) is 0 Å². The Labute approximate surface area is 83.4 Å². The van der Waals surface area contributed by atoms with Gasteiger partial charge in [0.2, 0.25) is 0 Å². The van der Waals surface area contributed by atoms with Gasteiger partial charge in [-0.15, -0.1) is 0 Å². The van der Waals surface area contributed by atoms with Crippen LogP contribution in [0.4, 0.5) is 0 Å². The molecular weight excluding hydrogens is 156 g/mol. The molecule has 0 heterocycles. The number of hydrogen-bond donors (Lipinski definition) is 0. The van der Waals surface area contributed by atoms with Gasteiger partial charge in [-0.3, -0.25) is 0 Å². The van der Waals surface area contributed by atoms with E-state index in [0.717, 1.165) is 11.8 Å². The highest BCUT2D eigenvalue weighted by Gasteiger charge is 2.15. The molecule has 0 atom stereocenters. The van der Waals surface area contributed by atoms with Gasteiger partial charge >= 0.3 is 0 Å². The summed E-state index contributed by atoms with van der Waals surface area (Å²) in [5.41, 5.74) is 1.70. The third-order valence-electron chi connectivity index (χ3n) is 3.31. The molecule has 0 aromatic rings. The zero-order valence-electron chi connectivity index (χ0n) is 9.47. The monoisotopic (exact) mass is 180 g/mol. The summed E-state index contributed by atoms with van der Waals surface area (Å²) in [5.74, 6) is 1.93. The quantitative estimate of drug-likeness (QED) is 0.558. The highest BCUT2D eigenvalue weighted by molar-refractivity contribution is 5.03. The van der Waals surface area contributed by atoms with E-state index in [1.165, 1.54) is 38.5 Å². The maximum Gasteiger partial charge on any atom is -0.0318 e. The second kappa shape index (κ2) is 5.47. The summed E-state index contributed by atoms with van der Waals surface area (Å²) in [6, 6.07) is 0. The van der Waals surface area contributed by atoms with Gasteiger partial charge in [0, 0.05) is 0 Å². The van der Waals surface area contributed by atoms with Crippen LogP contribution < -0.4 is 0 Å². The molecule has 0 radical (unpaired) electrons. The molecule has 0 unspecified atom stereocenters. The van der Waals surface area contributed by atoms with E-state index in [0.29, 0.717) is 0 Å². The largest absolute Gasteiger partial charge is 0.0885 e. The van der Waals surface area contributed by atoms with Gasteiger partial charge < -0.3 is 0 Å².